The van der Waals surface area contributed by atoms with E-state index in [2.05, 4.69) is 26.1 Å². The van der Waals surface area contributed by atoms with Gasteiger partial charge in [-0.1, -0.05) is 5.16 Å². The normalized spacial score (nSPS) is 10.8. The topological polar surface area (TPSA) is 81.2 Å². The maximum Gasteiger partial charge on any atom is 0.358 e. The van der Waals surface area contributed by atoms with Crippen LogP contribution in [0.2, 0.25) is 0 Å². The molecule has 106 valence electrons. The molecule has 0 unspecified atom stereocenters. The molecule has 0 atom stereocenters. The summed E-state index contributed by atoms with van der Waals surface area (Å²) in [6.07, 6.45) is 3.59. The van der Waals surface area contributed by atoms with Crippen LogP contribution < -0.4 is 0 Å². The molecule has 0 radical (unpaired) electrons. The zero-order valence-corrected chi connectivity index (χ0v) is 12.5. The van der Waals surface area contributed by atoms with Gasteiger partial charge in [0.05, 0.1) is 5.69 Å². The largest absolute Gasteiger partial charge is 0.476 e. The van der Waals surface area contributed by atoms with Crippen molar-refractivity contribution in [2.45, 2.75) is 6.92 Å². The lowest BCUT2D eigenvalue weighted by molar-refractivity contribution is 0.0686. The molecule has 0 bridgehead atoms. The summed E-state index contributed by atoms with van der Waals surface area (Å²) in [7, 11) is 0. The molecule has 0 aliphatic carbocycles. The molecule has 3 aromatic rings. The van der Waals surface area contributed by atoms with Crippen molar-refractivity contribution in [3.63, 3.8) is 0 Å². The Morgan fingerprint density at radius 2 is 2.19 bits per heavy atom. The van der Waals surface area contributed by atoms with Crippen LogP contribution in [-0.4, -0.2) is 25.8 Å². The number of imidazole rings is 1. The van der Waals surface area contributed by atoms with E-state index >= 15 is 0 Å². The molecule has 0 aliphatic rings. The molecule has 21 heavy (non-hydrogen) atoms. The number of rotatable bonds is 3. The highest BCUT2D eigenvalue weighted by atomic mass is 79.9. The molecule has 0 spiro atoms. The van der Waals surface area contributed by atoms with Crippen LogP contribution in [0.3, 0.4) is 0 Å². The number of benzene rings is 1. The predicted octanol–water partition coefficient (Wildman–Crippen LogP) is 3.30. The third kappa shape index (κ3) is 2.47. The molecule has 6 nitrogen and oxygen atoms in total. The molecule has 0 fully saturated rings. The van der Waals surface area contributed by atoms with Gasteiger partial charge in [-0.3, -0.25) is 0 Å². The van der Waals surface area contributed by atoms with Crippen LogP contribution in [0, 0.1) is 6.92 Å². The standard InChI is InChI=1S/C14H10BrN3O3/c1-8-16-4-5-18(8)12-3-2-9(6-10(12)15)13-7-11(14(19)20)17-21-13/h2-7H,1H3,(H,19,20). The molecule has 2 heterocycles. The smallest absolute Gasteiger partial charge is 0.358 e. The van der Waals surface area contributed by atoms with Crippen LogP contribution in [0.4, 0.5) is 0 Å². The van der Waals surface area contributed by atoms with Gasteiger partial charge in [-0.15, -0.1) is 0 Å². The summed E-state index contributed by atoms with van der Waals surface area (Å²) in [5.74, 6) is 0.160. The lowest BCUT2D eigenvalue weighted by atomic mass is 10.1. The quantitative estimate of drug-likeness (QED) is 0.786. The second-order valence-electron chi connectivity index (χ2n) is 4.39. The van der Waals surface area contributed by atoms with Crippen molar-refractivity contribution in [2.75, 3.05) is 0 Å². The van der Waals surface area contributed by atoms with E-state index in [4.69, 9.17) is 9.63 Å². The van der Waals surface area contributed by atoms with Crippen LogP contribution in [-0.2, 0) is 0 Å². The average molecular weight is 348 g/mol. The first-order chi connectivity index (χ1) is 10.1. The summed E-state index contributed by atoms with van der Waals surface area (Å²) < 4.78 is 7.83. The van der Waals surface area contributed by atoms with Crippen LogP contribution >= 0.6 is 15.9 Å². The molecule has 1 aromatic carbocycles. The van der Waals surface area contributed by atoms with Crippen molar-refractivity contribution in [1.82, 2.24) is 14.7 Å². The molecule has 1 N–H and O–H groups in total. The van der Waals surface area contributed by atoms with Gasteiger partial charge < -0.3 is 14.2 Å². The van der Waals surface area contributed by atoms with E-state index in [9.17, 15) is 4.79 Å². The van der Waals surface area contributed by atoms with Gasteiger partial charge in [0.2, 0.25) is 0 Å². The number of halogens is 1. The molecule has 0 amide bonds. The third-order valence-electron chi connectivity index (χ3n) is 3.05. The number of aromatic nitrogens is 3. The van der Waals surface area contributed by atoms with Crippen molar-refractivity contribution in [3.05, 3.63) is 52.7 Å². The number of aromatic carboxylic acids is 1. The minimum absolute atomic E-state index is 0.115. The summed E-state index contributed by atoms with van der Waals surface area (Å²) in [5.41, 5.74) is 1.56. The SMILES string of the molecule is Cc1nccn1-c1ccc(-c2cc(C(=O)O)no2)cc1Br. The van der Waals surface area contributed by atoms with E-state index < -0.39 is 5.97 Å². The Balaban J connectivity index is 2.01. The minimum Gasteiger partial charge on any atom is -0.476 e. The fourth-order valence-electron chi connectivity index (χ4n) is 2.00. The maximum atomic E-state index is 10.8. The summed E-state index contributed by atoms with van der Waals surface area (Å²) in [5, 5.41) is 12.4. The van der Waals surface area contributed by atoms with Gasteiger partial charge in [0.1, 0.15) is 5.82 Å². The summed E-state index contributed by atoms with van der Waals surface area (Å²) in [6, 6.07) is 6.98. The molecule has 0 saturated heterocycles. The number of carbonyl (C=O) groups is 1. The van der Waals surface area contributed by atoms with Crippen molar-refractivity contribution in [1.29, 1.82) is 0 Å². The number of carboxylic acids is 1. The van der Waals surface area contributed by atoms with E-state index in [1.165, 1.54) is 6.07 Å². The molecule has 0 aliphatic heterocycles. The third-order valence-corrected chi connectivity index (χ3v) is 3.68. The average Bonchev–Trinajstić information content (AvgIpc) is 3.07. The Bertz CT molecular complexity index is 822. The highest BCUT2D eigenvalue weighted by Gasteiger charge is 2.14. The number of nitrogens with zero attached hydrogens (tertiary/aromatic N) is 3. The van der Waals surface area contributed by atoms with Crippen LogP contribution in [0.15, 0.2) is 45.7 Å². The van der Waals surface area contributed by atoms with Crippen LogP contribution in [0.25, 0.3) is 17.0 Å². The van der Waals surface area contributed by atoms with Gasteiger partial charge in [0.15, 0.2) is 11.5 Å². The Morgan fingerprint density at radius 1 is 1.38 bits per heavy atom. The molecule has 7 heteroatoms. The zero-order chi connectivity index (χ0) is 15.0. The van der Waals surface area contributed by atoms with E-state index in [1.807, 2.05) is 35.9 Å². The van der Waals surface area contributed by atoms with Crippen molar-refractivity contribution >= 4 is 21.9 Å². The van der Waals surface area contributed by atoms with Gasteiger partial charge in [0, 0.05) is 28.5 Å². The minimum atomic E-state index is -1.12. The first-order valence-corrected chi connectivity index (χ1v) is 6.86. The fourth-order valence-corrected chi connectivity index (χ4v) is 2.57. The predicted molar refractivity (Wildman–Crippen MR) is 78.5 cm³/mol. The first kappa shape index (κ1) is 13.6. The Hall–Kier alpha value is -2.41. The number of aryl methyl sites for hydroxylation is 1. The van der Waals surface area contributed by atoms with Crippen molar-refractivity contribution in [3.8, 4) is 17.0 Å². The number of carboxylic acid groups (broad SMARTS) is 1. The van der Waals surface area contributed by atoms with Crippen LogP contribution in [0.1, 0.15) is 16.3 Å². The lowest BCUT2D eigenvalue weighted by Crippen LogP contribution is -1.96. The lowest BCUT2D eigenvalue weighted by Gasteiger charge is -2.08. The van der Waals surface area contributed by atoms with Crippen molar-refractivity contribution < 1.29 is 14.4 Å². The van der Waals surface area contributed by atoms with E-state index in [1.54, 1.807) is 6.20 Å². The van der Waals surface area contributed by atoms with E-state index in [0.717, 1.165) is 21.5 Å². The monoisotopic (exact) mass is 347 g/mol. The highest BCUT2D eigenvalue weighted by Crippen LogP contribution is 2.29. The molecule has 3 rings (SSSR count). The Kier molecular flexibility index (Phi) is 3.34. The zero-order valence-electron chi connectivity index (χ0n) is 10.9. The summed E-state index contributed by atoms with van der Waals surface area (Å²) >= 11 is 3.51. The second-order valence-corrected chi connectivity index (χ2v) is 5.25. The number of hydrogen-bond acceptors (Lipinski definition) is 4. The van der Waals surface area contributed by atoms with E-state index in [-0.39, 0.29) is 5.69 Å². The van der Waals surface area contributed by atoms with Gasteiger partial charge in [0.25, 0.3) is 0 Å². The highest BCUT2D eigenvalue weighted by molar-refractivity contribution is 9.10. The fraction of sp³-hybridized carbons (Fsp3) is 0.0714. The first-order valence-electron chi connectivity index (χ1n) is 6.06. The summed E-state index contributed by atoms with van der Waals surface area (Å²) in [6.45, 7) is 1.91. The number of hydrogen-bond donors (Lipinski definition) is 1. The Labute approximate surface area is 128 Å². The van der Waals surface area contributed by atoms with Gasteiger partial charge in [-0.25, -0.2) is 9.78 Å². The van der Waals surface area contributed by atoms with E-state index in [0.29, 0.717) is 5.76 Å². The second kappa shape index (κ2) is 5.17. The van der Waals surface area contributed by atoms with Crippen molar-refractivity contribution in [2.24, 2.45) is 0 Å². The molecular weight excluding hydrogens is 338 g/mol. The van der Waals surface area contributed by atoms with Gasteiger partial charge in [-0.05, 0) is 41.1 Å². The van der Waals surface area contributed by atoms with Gasteiger partial charge in [-0.2, -0.15) is 0 Å². The Morgan fingerprint density at radius 3 is 2.76 bits per heavy atom. The summed E-state index contributed by atoms with van der Waals surface area (Å²) in [4.78, 5) is 15.0. The maximum absolute atomic E-state index is 10.8. The molecular formula is C14H10BrN3O3. The molecule has 2 aromatic heterocycles. The molecule has 0 saturated carbocycles. The van der Waals surface area contributed by atoms with Gasteiger partial charge >= 0.3 is 5.97 Å². The van der Waals surface area contributed by atoms with Crippen LogP contribution in [0.5, 0.6) is 0 Å².